The van der Waals surface area contributed by atoms with Gasteiger partial charge in [-0.25, -0.2) is 0 Å². The van der Waals surface area contributed by atoms with Gasteiger partial charge in [-0.3, -0.25) is 9.78 Å². The highest BCUT2D eigenvalue weighted by Gasteiger charge is 2.11. The first-order chi connectivity index (χ1) is 13.1. The lowest BCUT2D eigenvalue weighted by atomic mass is 10.1. The molecule has 0 aliphatic carbocycles. The number of rotatable bonds is 5. The van der Waals surface area contributed by atoms with E-state index in [2.05, 4.69) is 15.6 Å². The van der Waals surface area contributed by atoms with Crippen LogP contribution in [-0.4, -0.2) is 18.0 Å². The van der Waals surface area contributed by atoms with E-state index >= 15 is 0 Å². The van der Waals surface area contributed by atoms with Crippen molar-refractivity contribution >= 4 is 34.6 Å². The summed E-state index contributed by atoms with van der Waals surface area (Å²) in [6.07, 6.45) is 3.03. The van der Waals surface area contributed by atoms with E-state index in [1.54, 1.807) is 61.8 Å². The van der Waals surface area contributed by atoms with Crippen molar-refractivity contribution in [2.75, 3.05) is 17.7 Å². The number of anilines is 3. The lowest BCUT2D eigenvalue weighted by Gasteiger charge is -2.12. The Hall–Kier alpha value is -3.56. The molecule has 2 aromatic carbocycles. The topological polar surface area (TPSA) is 87.0 Å². The zero-order chi connectivity index (χ0) is 19.2. The summed E-state index contributed by atoms with van der Waals surface area (Å²) in [6, 6.07) is 15.7. The van der Waals surface area contributed by atoms with Gasteiger partial charge in [0.05, 0.1) is 41.5 Å². The Bertz CT molecular complexity index is 1030. The minimum atomic E-state index is -0.369. The van der Waals surface area contributed by atoms with E-state index in [1.807, 2.05) is 6.07 Å². The number of carbonyl (C=O) groups excluding carboxylic acids is 1. The Kier molecular flexibility index (Phi) is 5.55. The molecule has 3 rings (SSSR count). The molecule has 0 spiro atoms. The predicted molar refractivity (Wildman–Crippen MR) is 105 cm³/mol. The predicted octanol–water partition coefficient (Wildman–Crippen LogP) is 4.61. The second-order valence-corrected chi connectivity index (χ2v) is 5.98. The fourth-order valence-electron chi connectivity index (χ4n) is 2.45. The van der Waals surface area contributed by atoms with Gasteiger partial charge in [-0.15, -0.1) is 0 Å². The third-order valence-electron chi connectivity index (χ3n) is 3.74. The number of nitrogens with zero attached hydrogens (tertiary/aromatic N) is 2. The van der Waals surface area contributed by atoms with E-state index in [-0.39, 0.29) is 5.91 Å². The number of aromatic nitrogens is 1. The van der Waals surface area contributed by atoms with Gasteiger partial charge in [-0.1, -0.05) is 23.7 Å². The van der Waals surface area contributed by atoms with Crippen LogP contribution < -0.4 is 15.4 Å². The van der Waals surface area contributed by atoms with Crippen LogP contribution in [0.4, 0.5) is 17.1 Å². The first-order valence-electron chi connectivity index (χ1n) is 7.97. The number of carbonyl (C=O) groups is 1. The van der Waals surface area contributed by atoms with Crippen LogP contribution in [0.3, 0.4) is 0 Å². The minimum absolute atomic E-state index is 0.341. The number of nitrogens with one attached hydrogen (secondary N) is 2. The van der Waals surface area contributed by atoms with Crippen molar-refractivity contribution in [2.24, 2.45) is 0 Å². The van der Waals surface area contributed by atoms with Crippen LogP contribution in [0.2, 0.25) is 5.02 Å². The smallest absolute Gasteiger partial charge is 0.257 e. The summed E-state index contributed by atoms with van der Waals surface area (Å²) >= 11 is 6.04. The first-order valence-corrected chi connectivity index (χ1v) is 8.34. The standard InChI is InChI=1S/C20H15ClN4O2/c1-27-19-7-6-15(21)9-18(19)24-16-8-14(11-23-12-16)20(26)25-17-5-3-2-4-13(17)10-22/h2-9,11-12,24H,1H3,(H,25,26). The molecule has 0 aliphatic heterocycles. The average molecular weight is 379 g/mol. The third kappa shape index (κ3) is 4.35. The average Bonchev–Trinajstić information content (AvgIpc) is 2.69. The molecule has 1 heterocycles. The van der Waals surface area contributed by atoms with E-state index in [9.17, 15) is 4.79 Å². The highest BCUT2D eigenvalue weighted by molar-refractivity contribution is 6.31. The van der Waals surface area contributed by atoms with Crippen molar-refractivity contribution in [2.45, 2.75) is 0 Å². The van der Waals surface area contributed by atoms with E-state index in [0.29, 0.717) is 39.0 Å². The Morgan fingerprint density at radius 3 is 2.74 bits per heavy atom. The van der Waals surface area contributed by atoms with Crippen LogP contribution in [0.5, 0.6) is 5.75 Å². The molecule has 0 saturated carbocycles. The Balaban J connectivity index is 1.82. The van der Waals surface area contributed by atoms with Gasteiger partial charge >= 0.3 is 0 Å². The quantitative estimate of drug-likeness (QED) is 0.676. The number of halogens is 1. The summed E-state index contributed by atoms with van der Waals surface area (Å²) in [5.41, 5.74) is 2.42. The van der Waals surface area contributed by atoms with Gasteiger partial charge in [0.15, 0.2) is 0 Å². The molecule has 27 heavy (non-hydrogen) atoms. The number of ether oxygens (including phenoxy) is 1. The Morgan fingerprint density at radius 1 is 1.15 bits per heavy atom. The molecule has 0 aliphatic rings. The fourth-order valence-corrected chi connectivity index (χ4v) is 2.62. The largest absolute Gasteiger partial charge is 0.495 e. The van der Waals surface area contributed by atoms with Crippen LogP contribution in [0, 0.1) is 11.3 Å². The summed E-state index contributed by atoms with van der Waals surface area (Å²) in [7, 11) is 1.56. The zero-order valence-corrected chi connectivity index (χ0v) is 15.1. The van der Waals surface area contributed by atoms with E-state index in [1.165, 1.54) is 6.20 Å². The van der Waals surface area contributed by atoms with Gasteiger partial charge in [0, 0.05) is 11.2 Å². The molecular weight excluding hydrogens is 364 g/mol. The van der Waals surface area contributed by atoms with Crippen molar-refractivity contribution in [1.29, 1.82) is 5.26 Å². The number of methoxy groups -OCH3 is 1. The number of hydrogen-bond donors (Lipinski definition) is 2. The lowest BCUT2D eigenvalue weighted by molar-refractivity contribution is 0.102. The van der Waals surface area contributed by atoms with Gasteiger partial charge in [-0.2, -0.15) is 5.26 Å². The normalized spacial score (nSPS) is 9.96. The van der Waals surface area contributed by atoms with Crippen LogP contribution in [0.1, 0.15) is 15.9 Å². The maximum Gasteiger partial charge on any atom is 0.257 e. The highest BCUT2D eigenvalue weighted by atomic mass is 35.5. The van der Waals surface area contributed by atoms with Gasteiger partial charge in [-0.05, 0) is 36.4 Å². The van der Waals surface area contributed by atoms with Crippen LogP contribution in [0.25, 0.3) is 0 Å². The summed E-state index contributed by atoms with van der Waals surface area (Å²) in [6.45, 7) is 0. The minimum Gasteiger partial charge on any atom is -0.495 e. The molecular formula is C20H15ClN4O2. The van der Waals surface area contributed by atoms with Crippen molar-refractivity contribution in [3.63, 3.8) is 0 Å². The molecule has 0 unspecified atom stereocenters. The lowest BCUT2D eigenvalue weighted by Crippen LogP contribution is -2.13. The number of amides is 1. The van der Waals surface area contributed by atoms with Crippen molar-refractivity contribution in [3.8, 4) is 11.8 Å². The van der Waals surface area contributed by atoms with Gasteiger partial charge < -0.3 is 15.4 Å². The molecule has 1 aromatic heterocycles. The number of para-hydroxylation sites is 1. The van der Waals surface area contributed by atoms with Crippen molar-refractivity contribution in [1.82, 2.24) is 4.98 Å². The van der Waals surface area contributed by atoms with E-state index in [0.717, 1.165) is 0 Å². The Labute approximate surface area is 161 Å². The molecule has 2 N–H and O–H groups in total. The van der Waals surface area contributed by atoms with Gasteiger partial charge in [0.25, 0.3) is 5.91 Å². The number of hydrogen-bond acceptors (Lipinski definition) is 5. The fraction of sp³-hybridized carbons (Fsp3) is 0.0500. The summed E-state index contributed by atoms with van der Waals surface area (Å²) < 4.78 is 5.30. The van der Waals surface area contributed by atoms with Gasteiger partial charge in [0.2, 0.25) is 0 Å². The molecule has 1 amide bonds. The summed E-state index contributed by atoms with van der Waals surface area (Å²) in [5.74, 6) is 0.240. The van der Waals surface area contributed by atoms with Crippen LogP contribution in [-0.2, 0) is 0 Å². The highest BCUT2D eigenvalue weighted by Crippen LogP contribution is 2.30. The Morgan fingerprint density at radius 2 is 1.96 bits per heavy atom. The molecule has 0 fully saturated rings. The maximum absolute atomic E-state index is 12.5. The third-order valence-corrected chi connectivity index (χ3v) is 3.97. The van der Waals surface area contributed by atoms with E-state index in [4.69, 9.17) is 21.6 Å². The molecule has 0 saturated heterocycles. The molecule has 3 aromatic rings. The number of benzene rings is 2. The molecule has 7 heteroatoms. The number of pyridine rings is 1. The molecule has 134 valence electrons. The van der Waals surface area contributed by atoms with Crippen molar-refractivity contribution < 1.29 is 9.53 Å². The molecule has 0 radical (unpaired) electrons. The summed E-state index contributed by atoms with van der Waals surface area (Å²) in [5, 5.41) is 15.6. The van der Waals surface area contributed by atoms with Crippen molar-refractivity contribution in [3.05, 3.63) is 77.1 Å². The zero-order valence-electron chi connectivity index (χ0n) is 14.4. The van der Waals surface area contributed by atoms with Gasteiger partial charge in [0.1, 0.15) is 11.8 Å². The maximum atomic E-state index is 12.5. The second kappa shape index (κ2) is 8.21. The van der Waals surface area contributed by atoms with E-state index < -0.39 is 0 Å². The number of nitriles is 1. The van der Waals surface area contributed by atoms with Crippen LogP contribution >= 0.6 is 11.6 Å². The molecule has 0 bridgehead atoms. The molecule has 0 atom stereocenters. The first kappa shape index (κ1) is 18.2. The second-order valence-electron chi connectivity index (χ2n) is 5.54. The monoisotopic (exact) mass is 378 g/mol. The summed E-state index contributed by atoms with van der Waals surface area (Å²) in [4.78, 5) is 16.6. The molecule has 6 nitrogen and oxygen atoms in total. The SMILES string of the molecule is COc1ccc(Cl)cc1Nc1cncc(C(=O)Nc2ccccc2C#N)c1. The van der Waals surface area contributed by atoms with Crippen LogP contribution in [0.15, 0.2) is 60.9 Å².